The topological polar surface area (TPSA) is 72.2 Å². The van der Waals surface area contributed by atoms with Gasteiger partial charge in [-0.1, -0.05) is 23.7 Å². The van der Waals surface area contributed by atoms with Gasteiger partial charge in [0.15, 0.2) is 0 Å². The fourth-order valence-electron chi connectivity index (χ4n) is 2.60. The number of non-ortho nitro benzene ring substituents is 1. The molecule has 6 heteroatoms. The Kier molecular flexibility index (Phi) is 5.24. The molecule has 0 bridgehead atoms. The molecule has 2 aromatic rings. The minimum Gasteiger partial charge on any atom is -0.345 e. The van der Waals surface area contributed by atoms with Gasteiger partial charge in [-0.25, -0.2) is 0 Å². The molecule has 1 N–H and O–H groups in total. The molecule has 0 aliphatic rings. The van der Waals surface area contributed by atoms with E-state index >= 15 is 0 Å². The number of benzene rings is 2. The van der Waals surface area contributed by atoms with Crippen LogP contribution in [0.15, 0.2) is 30.3 Å². The minimum atomic E-state index is -0.547. The number of halogens is 1. The number of carbonyl (C=O) groups excluding carboxylic acids is 1. The van der Waals surface area contributed by atoms with Crippen molar-refractivity contribution in [1.82, 2.24) is 5.32 Å². The van der Waals surface area contributed by atoms with Crippen molar-refractivity contribution >= 4 is 23.2 Å². The smallest absolute Gasteiger partial charge is 0.270 e. The molecule has 0 saturated carbocycles. The zero-order chi connectivity index (χ0) is 18.0. The maximum absolute atomic E-state index is 12.4. The Morgan fingerprint density at radius 2 is 1.75 bits per heavy atom. The standard InChI is InChI=1S/C18H19ClN2O3/c1-10-7-12(3)16(8-11(10)2)13(4)20-18(22)15-6-5-14(21(23)24)9-17(15)19/h5-9,13H,1-4H3,(H,20,22)/t13-/m0/s1. The first-order valence-corrected chi connectivity index (χ1v) is 7.91. The van der Waals surface area contributed by atoms with Crippen molar-refractivity contribution in [3.8, 4) is 0 Å². The molecular formula is C18H19ClN2O3. The Morgan fingerprint density at radius 1 is 1.12 bits per heavy atom. The van der Waals surface area contributed by atoms with Gasteiger partial charge in [0.05, 0.1) is 21.6 Å². The van der Waals surface area contributed by atoms with Crippen LogP contribution in [0.1, 0.15) is 45.6 Å². The zero-order valence-electron chi connectivity index (χ0n) is 14.0. The summed E-state index contributed by atoms with van der Waals surface area (Å²) >= 11 is 6.01. The van der Waals surface area contributed by atoms with Gasteiger partial charge in [0.2, 0.25) is 0 Å². The minimum absolute atomic E-state index is 0.0608. The van der Waals surface area contributed by atoms with Crippen LogP contribution in [-0.2, 0) is 0 Å². The van der Waals surface area contributed by atoms with Crippen LogP contribution in [0, 0.1) is 30.9 Å². The summed E-state index contributed by atoms with van der Waals surface area (Å²) in [5, 5.41) is 13.7. The number of aryl methyl sites for hydroxylation is 3. The van der Waals surface area contributed by atoms with Crippen molar-refractivity contribution in [3.63, 3.8) is 0 Å². The maximum atomic E-state index is 12.4. The highest BCUT2D eigenvalue weighted by molar-refractivity contribution is 6.34. The fraction of sp³-hybridized carbons (Fsp3) is 0.278. The van der Waals surface area contributed by atoms with E-state index in [1.165, 1.54) is 23.8 Å². The summed E-state index contributed by atoms with van der Waals surface area (Å²) in [4.78, 5) is 22.6. The van der Waals surface area contributed by atoms with Gasteiger partial charge in [-0.15, -0.1) is 0 Å². The van der Waals surface area contributed by atoms with Gasteiger partial charge in [0, 0.05) is 12.1 Å². The summed E-state index contributed by atoms with van der Waals surface area (Å²) < 4.78 is 0. The molecule has 0 aliphatic carbocycles. The van der Waals surface area contributed by atoms with Crippen LogP contribution >= 0.6 is 11.6 Å². The summed E-state index contributed by atoms with van der Waals surface area (Å²) in [7, 11) is 0. The van der Waals surface area contributed by atoms with Crippen LogP contribution in [0.3, 0.4) is 0 Å². The molecule has 0 aliphatic heterocycles. The van der Waals surface area contributed by atoms with E-state index in [-0.39, 0.29) is 28.2 Å². The molecule has 2 rings (SSSR count). The van der Waals surface area contributed by atoms with Gasteiger partial charge in [-0.05, 0) is 56.0 Å². The highest BCUT2D eigenvalue weighted by Gasteiger charge is 2.18. The summed E-state index contributed by atoms with van der Waals surface area (Å²) in [6.07, 6.45) is 0. The Bertz CT molecular complexity index is 818. The van der Waals surface area contributed by atoms with E-state index < -0.39 is 4.92 Å². The number of hydrogen-bond donors (Lipinski definition) is 1. The first-order valence-electron chi connectivity index (χ1n) is 7.53. The SMILES string of the molecule is Cc1cc(C)c([C@H](C)NC(=O)c2ccc([N+](=O)[O-])cc2Cl)cc1C. The number of nitrogens with one attached hydrogen (secondary N) is 1. The quantitative estimate of drug-likeness (QED) is 0.646. The average molecular weight is 347 g/mol. The largest absolute Gasteiger partial charge is 0.345 e. The normalized spacial score (nSPS) is 11.9. The molecule has 5 nitrogen and oxygen atoms in total. The van der Waals surface area contributed by atoms with E-state index in [1.54, 1.807) is 0 Å². The van der Waals surface area contributed by atoms with Crippen LogP contribution in [0.4, 0.5) is 5.69 Å². The Balaban J connectivity index is 2.23. The van der Waals surface area contributed by atoms with Crippen molar-refractivity contribution in [2.24, 2.45) is 0 Å². The third kappa shape index (κ3) is 3.74. The Hall–Kier alpha value is -2.40. The average Bonchev–Trinajstić information content (AvgIpc) is 2.50. The molecule has 0 heterocycles. The predicted molar refractivity (Wildman–Crippen MR) is 94.6 cm³/mol. The van der Waals surface area contributed by atoms with Crippen LogP contribution in [0.2, 0.25) is 5.02 Å². The second kappa shape index (κ2) is 7.01. The van der Waals surface area contributed by atoms with Crippen molar-refractivity contribution in [2.75, 3.05) is 0 Å². The van der Waals surface area contributed by atoms with Gasteiger partial charge >= 0.3 is 0 Å². The molecule has 0 aromatic heterocycles. The van der Waals surface area contributed by atoms with Crippen molar-refractivity contribution in [3.05, 3.63) is 73.3 Å². The maximum Gasteiger partial charge on any atom is 0.270 e. The molecule has 0 spiro atoms. The van der Waals surface area contributed by atoms with Crippen molar-refractivity contribution in [2.45, 2.75) is 33.7 Å². The Labute approximate surface area is 145 Å². The van der Waals surface area contributed by atoms with Crippen LogP contribution in [0.25, 0.3) is 0 Å². The number of nitro benzene ring substituents is 1. The fourth-order valence-corrected chi connectivity index (χ4v) is 2.86. The van der Waals surface area contributed by atoms with E-state index in [9.17, 15) is 14.9 Å². The van der Waals surface area contributed by atoms with Gasteiger partial charge in [-0.2, -0.15) is 0 Å². The first-order chi connectivity index (χ1) is 11.2. The molecule has 2 aromatic carbocycles. The molecular weight excluding hydrogens is 328 g/mol. The molecule has 0 radical (unpaired) electrons. The first kappa shape index (κ1) is 17.9. The zero-order valence-corrected chi connectivity index (χ0v) is 14.8. The van der Waals surface area contributed by atoms with Crippen LogP contribution in [0.5, 0.6) is 0 Å². The number of nitrogens with zero attached hydrogens (tertiary/aromatic N) is 1. The summed E-state index contributed by atoms with van der Waals surface area (Å²) in [5.74, 6) is -0.361. The van der Waals surface area contributed by atoms with Crippen molar-refractivity contribution < 1.29 is 9.72 Å². The predicted octanol–water partition coefficient (Wildman–Crippen LogP) is 4.66. The summed E-state index contributed by atoms with van der Waals surface area (Å²) in [6.45, 7) is 7.98. The summed E-state index contributed by atoms with van der Waals surface area (Å²) in [5.41, 5.74) is 4.56. The third-order valence-corrected chi connectivity index (χ3v) is 4.42. The van der Waals surface area contributed by atoms with Crippen LogP contribution < -0.4 is 5.32 Å². The van der Waals surface area contributed by atoms with E-state index in [0.717, 1.165) is 16.7 Å². The Morgan fingerprint density at radius 3 is 2.33 bits per heavy atom. The second-order valence-corrected chi connectivity index (χ2v) is 6.32. The molecule has 0 unspecified atom stereocenters. The second-order valence-electron chi connectivity index (χ2n) is 5.91. The van der Waals surface area contributed by atoms with E-state index in [0.29, 0.717) is 0 Å². The van der Waals surface area contributed by atoms with Crippen molar-refractivity contribution in [1.29, 1.82) is 0 Å². The molecule has 0 fully saturated rings. The number of amides is 1. The van der Waals surface area contributed by atoms with E-state index in [2.05, 4.69) is 17.4 Å². The number of hydrogen-bond acceptors (Lipinski definition) is 3. The van der Waals surface area contributed by atoms with Gasteiger partial charge in [0.25, 0.3) is 11.6 Å². The lowest BCUT2D eigenvalue weighted by atomic mass is 9.96. The summed E-state index contributed by atoms with van der Waals surface area (Å²) in [6, 6.07) is 7.77. The molecule has 1 atom stereocenters. The van der Waals surface area contributed by atoms with Gasteiger partial charge in [0.1, 0.15) is 0 Å². The van der Waals surface area contributed by atoms with E-state index in [4.69, 9.17) is 11.6 Å². The molecule has 0 saturated heterocycles. The monoisotopic (exact) mass is 346 g/mol. The van der Waals surface area contributed by atoms with E-state index in [1.807, 2.05) is 27.7 Å². The van der Waals surface area contributed by atoms with Gasteiger partial charge in [-0.3, -0.25) is 14.9 Å². The number of nitro groups is 1. The third-order valence-electron chi connectivity index (χ3n) is 4.10. The lowest BCUT2D eigenvalue weighted by Gasteiger charge is -2.19. The molecule has 24 heavy (non-hydrogen) atoms. The highest BCUT2D eigenvalue weighted by atomic mass is 35.5. The van der Waals surface area contributed by atoms with Gasteiger partial charge < -0.3 is 5.32 Å². The lowest BCUT2D eigenvalue weighted by molar-refractivity contribution is -0.384. The number of carbonyl (C=O) groups is 1. The molecule has 126 valence electrons. The molecule has 1 amide bonds. The highest BCUT2D eigenvalue weighted by Crippen LogP contribution is 2.25. The van der Waals surface area contributed by atoms with Crippen LogP contribution in [-0.4, -0.2) is 10.8 Å². The lowest BCUT2D eigenvalue weighted by Crippen LogP contribution is -2.27. The number of rotatable bonds is 4.